The second kappa shape index (κ2) is 10.1. The molecule has 0 spiro atoms. The van der Waals surface area contributed by atoms with Gasteiger partial charge in [-0.2, -0.15) is 0 Å². The van der Waals surface area contributed by atoms with Gasteiger partial charge in [-0.05, 0) is 17.7 Å². The summed E-state index contributed by atoms with van der Waals surface area (Å²) in [4.78, 5) is 49.6. The van der Waals surface area contributed by atoms with Gasteiger partial charge in [0, 0.05) is 5.56 Å². The molecule has 0 aliphatic carbocycles. The number of anilines is 1. The van der Waals surface area contributed by atoms with Gasteiger partial charge in [-0.3, -0.25) is 14.2 Å². The molecule has 1 aliphatic heterocycles. The molecule has 2 aromatic carbocycles. The van der Waals surface area contributed by atoms with Crippen LogP contribution in [0.2, 0.25) is 0 Å². The van der Waals surface area contributed by atoms with Gasteiger partial charge in [0.1, 0.15) is 12.4 Å². The fourth-order valence-electron chi connectivity index (χ4n) is 4.19. The van der Waals surface area contributed by atoms with E-state index in [2.05, 4.69) is 25.6 Å². The first kappa shape index (κ1) is 24.0. The Kier molecular flexibility index (Phi) is 6.58. The number of imidazole rings is 1. The number of hydrogen-bond donors (Lipinski definition) is 4. The predicted molar refractivity (Wildman–Crippen MR) is 129 cm³/mol. The first-order valence-corrected chi connectivity index (χ1v) is 11.4. The quantitative estimate of drug-likeness (QED) is 0.290. The van der Waals surface area contributed by atoms with Gasteiger partial charge < -0.3 is 25.6 Å². The minimum atomic E-state index is -1.52. The smallest absolute Gasteiger partial charge is 0.335 e. The number of ether oxygens (including phenoxy) is 1. The molecule has 0 radical (unpaired) electrons. The number of nitrogens with zero attached hydrogens (tertiary/aromatic N) is 4. The summed E-state index contributed by atoms with van der Waals surface area (Å²) in [7, 11) is 0. The van der Waals surface area contributed by atoms with E-state index in [1.807, 2.05) is 6.07 Å². The lowest BCUT2D eigenvalue weighted by Gasteiger charge is -2.20. The van der Waals surface area contributed by atoms with Crippen molar-refractivity contribution >= 4 is 34.8 Å². The van der Waals surface area contributed by atoms with Gasteiger partial charge >= 0.3 is 5.97 Å². The topological polar surface area (TPSA) is 169 Å². The largest absolute Gasteiger partial charge is 0.479 e. The molecule has 4 N–H and O–H groups in total. The maximum atomic E-state index is 12.6. The number of hydrogen-bond acceptors (Lipinski definition) is 8. The second-order valence-corrected chi connectivity index (χ2v) is 8.40. The highest BCUT2D eigenvalue weighted by Gasteiger charge is 2.49. The van der Waals surface area contributed by atoms with Crippen LogP contribution in [0.1, 0.15) is 22.1 Å². The van der Waals surface area contributed by atoms with Crippen LogP contribution >= 0.6 is 0 Å². The molecule has 2 amide bonds. The van der Waals surface area contributed by atoms with Gasteiger partial charge in [-0.15, -0.1) is 0 Å². The highest BCUT2D eigenvalue weighted by molar-refractivity contribution is 6.06. The van der Waals surface area contributed by atoms with Crippen LogP contribution in [-0.2, 0) is 20.7 Å². The van der Waals surface area contributed by atoms with E-state index in [0.717, 1.165) is 5.56 Å². The summed E-state index contributed by atoms with van der Waals surface area (Å²) in [5.74, 6) is -2.08. The van der Waals surface area contributed by atoms with E-state index in [-0.39, 0.29) is 23.4 Å². The number of aromatic nitrogens is 4. The molecule has 0 unspecified atom stereocenters. The van der Waals surface area contributed by atoms with Crippen molar-refractivity contribution in [3.8, 4) is 0 Å². The third kappa shape index (κ3) is 4.87. The highest BCUT2D eigenvalue weighted by atomic mass is 16.6. The second-order valence-electron chi connectivity index (χ2n) is 8.40. The molecule has 5 rings (SSSR count). The molecule has 188 valence electrons. The number of aliphatic carboxylic acids is 1. The predicted octanol–water partition coefficient (Wildman–Crippen LogP) is 1.15. The Labute approximate surface area is 210 Å². The van der Waals surface area contributed by atoms with Crippen molar-refractivity contribution in [2.45, 2.75) is 30.9 Å². The van der Waals surface area contributed by atoms with Crippen LogP contribution < -0.4 is 10.6 Å². The molecule has 4 atom stereocenters. The Hall–Kier alpha value is -4.68. The lowest BCUT2D eigenvalue weighted by Crippen LogP contribution is -2.50. The van der Waals surface area contributed by atoms with E-state index in [9.17, 15) is 24.6 Å². The molecule has 12 heteroatoms. The molecule has 0 saturated carbocycles. The summed E-state index contributed by atoms with van der Waals surface area (Å²) in [6, 6.07) is 16.2. The summed E-state index contributed by atoms with van der Waals surface area (Å²) in [5, 5.41) is 26.0. The van der Waals surface area contributed by atoms with Crippen LogP contribution in [0, 0.1) is 0 Å². The highest BCUT2D eigenvalue weighted by Crippen LogP contribution is 2.32. The maximum absolute atomic E-state index is 12.6. The zero-order valence-electron chi connectivity index (χ0n) is 19.3. The van der Waals surface area contributed by atoms with Crippen LogP contribution in [0.5, 0.6) is 0 Å². The number of aliphatic hydroxyl groups excluding tert-OH is 1. The minimum Gasteiger partial charge on any atom is -0.479 e. The van der Waals surface area contributed by atoms with Crippen LogP contribution in [0.25, 0.3) is 11.2 Å². The van der Waals surface area contributed by atoms with Gasteiger partial charge in [0.05, 0.1) is 18.8 Å². The Morgan fingerprint density at radius 1 is 0.973 bits per heavy atom. The maximum Gasteiger partial charge on any atom is 0.335 e. The molecule has 0 bridgehead atoms. The van der Waals surface area contributed by atoms with Crippen LogP contribution in [0.3, 0.4) is 0 Å². The number of nitrogens with one attached hydrogen (secondary N) is 2. The van der Waals surface area contributed by atoms with Crippen molar-refractivity contribution in [3.05, 3.63) is 84.4 Å². The minimum absolute atomic E-state index is 0.00672. The number of carbonyl (C=O) groups is 3. The average molecular weight is 502 g/mol. The zero-order valence-corrected chi connectivity index (χ0v) is 19.3. The molecule has 37 heavy (non-hydrogen) atoms. The summed E-state index contributed by atoms with van der Waals surface area (Å²) < 4.78 is 7.00. The van der Waals surface area contributed by atoms with Crippen LogP contribution in [-0.4, -0.2) is 65.8 Å². The molecule has 3 heterocycles. The third-order valence-electron chi connectivity index (χ3n) is 5.95. The van der Waals surface area contributed by atoms with Gasteiger partial charge in [-0.25, -0.2) is 19.7 Å². The lowest BCUT2D eigenvalue weighted by atomic mass is 10.1. The molecule has 1 saturated heterocycles. The standard InChI is InChI=1S/C25H22N6O6/c32-16(11-14-7-3-1-4-8-14)29-17-19(33)24(37-20(17)25(35)36)31-13-28-18-21(26-12-27-22(18)31)30-23(34)15-9-5-2-6-10-15/h1-10,12-13,17,19-20,24,33H,11H2,(H,29,32)(H,35,36)(H,26,27,30,34)/t17-,19+,20-,24+/m0/s1. The van der Waals surface area contributed by atoms with E-state index < -0.39 is 42.3 Å². The van der Waals surface area contributed by atoms with Crippen molar-refractivity contribution in [1.29, 1.82) is 0 Å². The van der Waals surface area contributed by atoms with E-state index in [1.165, 1.54) is 17.2 Å². The molecule has 1 aliphatic rings. The van der Waals surface area contributed by atoms with Gasteiger partial charge in [0.2, 0.25) is 5.91 Å². The van der Waals surface area contributed by atoms with Crippen molar-refractivity contribution in [2.75, 3.05) is 5.32 Å². The summed E-state index contributed by atoms with van der Waals surface area (Å²) >= 11 is 0. The third-order valence-corrected chi connectivity index (χ3v) is 5.95. The van der Waals surface area contributed by atoms with E-state index in [0.29, 0.717) is 5.56 Å². The number of benzene rings is 2. The first-order valence-electron chi connectivity index (χ1n) is 11.4. The van der Waals surface area contributed by atoms with Gasteiger partial charge in [-0.1, -0.05) is 48.5 Å². The monoisotopic (exact) mass is 502 g/mol. The fraction of sp³-hybridized carbons (Fsp3) is 0.200. The Balaban J connectivity index is 1.38. The fourth-order valence-corrected chi connectivity index (χ4v) is 4.19. The SMILES string of the molecule is O=C(Cc1ccccc1)N[C@H]1[C@@H](O)[C@H](n2cnc3c(NC(=O)c4ccccc4)ncnc32)O[C@@H]1C(=O)O. The van der Waals surface area contributed by atoms with E-state index in [1.54, 1.807) is 54.6 Å². The summed E-state index contributed by atoms with van der Waals surface area (Å²) in [6.07, 6.45) is -1.66. The molecule has 1 fully saturated rings. The van der Waals surface area contributed by atoms with Crippen molar-refractivity contribution in [2.24, 2.45) is 0 Å². The summed E-state index contributed by atoms with van der Waals surface area (Å²) in [5.41, 5.74) is 1.56. The number of carboxylic acid groups (broad SMARTS) is 1. The summed E-state index contributed by atoms with van der Waals surface area (Å²) in [6.45, 7) is 0. The van der Waals surface area contributed by atoms with Crippen molar-refractivity contribution < 1.29 is 29.3 Å². The number of carbonyl (C=O) groups excluding carboxylic acids is 2. The number of fused-ring (bicyclic) bond motifs is 1. The molecule has 12 nitrogen and oxygen atoms in total. The normalized spacial score (nSPS) is 21.0. The van der Waals surface area contributed by atoms with Crippen molar-refractivity contribution in [3.63, 3.8) is 0 Å². The first-order chi connectivity index (χ1) is 17.9. The number of rotatable bonds is 7. The van der Waals surface area contributed by atoms with E-state index in [4.69, 9.17) is 4.74 Å². The molecule has 2 aromatic heterocycles. The molecule has 4 aromatic rings. The zero-order chi connectivity index (χ0) is 25.9. The molecular formula is C25H22N6O6. The number of carboxylic acids is 1. The Morgan fingerprint density at radius 2 is 1.68 bits per heavy atom. The number of aliphatic hydroxyl groups is 1. The molecular weight excluding hydrogens is 480 g/mol. The Bertz CT molecular complexity index is 1440. The van der Waals surface area contributed by atoms with Crippen LogP contribution in [0.4, 0.5) is 5.82 Å². The van der Waals surface area contributed by atoms with Crippen LogP contribution in [0.15, 0.2) is 73.3 Å². The van der Waals surface area contributed by atoms with Gasteiger partial charge in [0.25, 0.3) is 5.91 Å². The van der Waals surface area contributed by atoms with E-state index >= 15 is 0 Å². The van der Waals surface area contributed by atoms with Gasteiger partial charge in [0.15, 0.2) is 29.3 Å². The Morgan fingerprint density at radius 3 is 2.38 bits per heavy atom. The van der Waals surface area contributed by atoms with Crippen molar-refractivity contribution in [1.82, 2.24) is 24.8 Å². The average Bonchev–Trinajstić information content (AvgIpc) is 3.47. The number of amides is 2. The lowest BCUT2D eigenvalue weighted by molar-refractivity contribution is -0.152.